The van der Waals surface area contributed by atoms with Crippen LogP contribution in [0.4, 0.5) is 0 Å². The zero-order valence-electron chi connectivity index (χ0n) is 18.6. The first-order valence-corrected chi connectivity index (χ1v) is 11.3. The summed E-state index contributed by atoms with van der Waals surface area (Å²) < 4.78 is 1.41. The largest absolute Gasteiger partial charge is 0.339 e. The molecule has 0 N–H and O–H groups in total. The molecule has 3 aromatic rings. The molecule has 0 unspecified atom stereocenters. The van der Waals surface area contributed by atoms with E-state index in [4.69, 9.17) is 0 Å². The van der Waals surface area contributed by atoms with Gasteiger partial charge < -0.3 is 4.90 Å². The number of amides is 1. The van der Waals surface area contributed by atoms with Gasteiger partial charge in [0.2, 0.25) is 5.91 Å². The van der Waals surface area contributed by atoms with Crippen LogP contribution in [-0.4, -0.2) is 51.4 Å². The highest BCUT2D eigenvalue weighted by Crippen LogP contribution is 2.29. The molecule has 166 valence electrons. The molecule has 1 fully saturated rings. The lowest BCUT2D eigenvalue weighted by Crippen LogP contribution is -2.51. The van der Waals surface area contributed by atoms with E-state index in [-0.39, 0.29) is 24.1 Å². The van der Waals surface area contributed by atoms with E-state index in [0.29, 0.717) is 13.1 Å². The molecule has 0 atom stereocenters. The molecule has 1 aliphatic rings. The predicted molar refractivity (Wildman–Crippen MR) is 125 cm³/mol. The van der Waals surface area contributed by atoms with Crippen LogP contribution in [0.25, 0.3) is 0 Å². The van der Waals surface area contributed by atoms with Crippen molar-refractivity contribution < 1.29 is 4.79 Å². The molecule has 0 radical (unpaired) electrons. The molecule has 2 heterocycles. The minimum absolute atomic E-state index is 0.0345. The first-order chi connectivity index (χ1) is 15.7. The van der Waals surface area contributed by atoms with Crippen molar-refractivity contribution in [2.45, 2.75) is 32.4 Å². The van der Waals surface area contributed by atoms with E-state index >= 15 is 0 Å². The Labute approximate surface area is 189 Å². The number of aryl methyl sites for hydroxylation is 1. The Bertz CT molecular complexity index is 1030. The first kappa shape index (κ1) is 22.0. The maximum atomic E-state index is 12.9. The summed E-state index contributed by atoms with van der Waals surface area (Å²) in [6.45, 7) is 4.94. The van der Waals surface area contributed by atoms with Gasteiger partial charge in [-0.25, -0.2) is 4.98 Å². The number of carbonyl (C=O) groups excluding carboxylic acids is 1. The number of carbonyl (C=O) groups is 1. The molecule has 2 aromatic carbocycles. The molecule has 0 spiro atoms. The van der Waals surface area contributed by atoms with Crippen LogP contribution in [-0.2, 0) is 17.8 Å². The van der Waals surface area contributed by atoms with Gasteiger partial charge in [-0.15, -0.1) is 0 Å². The van der Waals surface area contributed by atoms with E-state index in [1.165, 1.54) is 22.0 Å². The molecule has 0 aliphatic carbocycles. The quantitative estimate of drug-likeness (QED) is 0.578. The summed E-state index contributed by atoms with van der Waals surface area (Å²) in [6.07, 6.45) is 3.21. The predicted octanol–water partition coefficient (Wildman–Crippen LogP) is 3.13. The second-order valence-corrected chi connectivity index (χ2v) is 8.24. The van der Waals surface area contributed by atoms with Gasteiger partial charge in [0.25, 0.3) is 5.56 Å². The highest BCUT2D eigenvalue weighted by Gasteiger charge is 2.28. The maximum Gasteiger partial charge on any atom is 0.253 e. The van der Waals surface area contributed by atoms with Crippen molar-refractivity contribution in [2.24, 2.45) is 0 Å². The Morgan fingerprint density at radius 3 is 2.06 bits per heavy atom. The van der Waals surface area contributed by atoms with Gasteiger partial charge >= 0.3 is 0 Å². The van der Waals surface area contributed by atoms with Crippen LogP contribution in [0, 0.1) is 0 Å². The molecule has 1 saturated heterocycles. The molecule has 1 aliphatic heterocycles. The number of rotatable bonds is 7. The Morgan fingerprint density at radius 1 is 0.938 bits per heavy atom. The third-order valence-electron chi connectivity index (χ3n) is 6.01. The minimum atomic E-state index is -0.163. The highest BCUT2D eigenvalue weighted by atomic mass is 16.2. The van der Waals surface area contributed by atoms with E-state index < -0.39 is 0 Å². The van der Waals surface area contributed by atoms with Gasteiger partial charge in [-0.1, -0.05) is 74.0 Å². The molecule has 0 bridgehead atoms. The summed E-state index contributed by atoms with van der Waals surface area (Å²) >= 11 is 0. The zero-order chi connectivity index (χ0) is 22.3. The van der Waals surface area contributed by atoms with Crippen molar-refractivity contribution in [1.82, 2.24) is 19.4 Å². The monoisotopic (exact) mass is 430 g/mol. The molecule has 6 nitrogen and oxygen atoms in total. The summed E-state index contributed by atoms with van der Waals surface area (Å²) in [5, 5.41) is 0. The molecular weight excluding hydrogens is 400 g/mol. The Hall–Kier alpha value is -3.25. The van der Waals surface area contributed by atoms with Crippen LogP contribution in [0.2, 0.25) is 0 Å². The molecule has 1 amide bonds. The van der Waals surface area contributed by atoms with Crippen LogP contribution in [0.5, 0.6) is 0 Å². The van der Waals surface area contributed by atoms with Crippen LogP contribution in [0.1, 0.15) is 36.2 Å². The number of benzene rings is 2. The van der Waals surface area contributed by atoms with E-state index in [1.807, 2.05) is 17.0 Å². The van der Waals surface area contributed by atoms with E-state index in [9.17, 15) is 9.59 Å². The first-order valence-electron chi connectivity index (χ1n) is 11.3. The topological polar surface area (TPSA) is 58.4 Å². The Morgan fingerprint density at radius 2 is 1.53 bits per heavy atom. The van der Waals surface area contributed by atoms with Crippen molar-refractivity contribution >= 4 is 5.91 Å². The molecule has 4 rings (SSSR count). The summed E-state index contributed by atoms with van der Waals surface area (Å²) in [7, 11) is 0. The number of piperazine rings is 1. The number of aromatic nitrogens is 2. The molecular formula is C26H30N4O2. The van der Waals surface area contributed by atoms with Gasteiger partial charge in [0, 0.05) is 37.9 Å². The summed E-state index contributed by atoms with van der Waals surface area (Å²) in [5.41, 5.74) is 3.12. The third-order valence-corrected chi connectivity index (χ3v) is 6.01. The van der Waals surface area contributed by atoms with E-state index in [1.54, 1.807) is 6.07 Å². The molecule has 0 saturated carbocycles. The van der Waals surface area contributed by atoms with Crippen molar-refractivity contribution in [2.75, 3.05) is 26.2 Å². The maximum absolute atomic E-state index is 12.9. The van der Waals surface area contributed by atoms with Gasteiger partial charge in [-0.2, -0.15) is 0 Å². The van der Waals surface area contributed by atoms with Crippen molar-refractivity contribution in [3.8, 4) is 0 Å². The van der Waals surface area contributed by atoms with E-state index in [2.05, 4.69) is 65.3 Å². The number of nitrogens with zero attached hydrogens (tertiary/aromatic N) is 4. The van der Waals surface area contributed by atoms with Crippen LogP contribution < -0.4 is 5.56 Å². The lowest BCUT2D eigenvalue weighted by molar-refractivity contribution is -0.133. The average molecular weight is 431 g/mol. The Kier molecular flexibility index (Phi) is 7.12. The Balaban J connectivity index is 1.42. The normalized spacial score (nSPS) is 14.6. The second-order valence-electron chi connectivity index (χ2n) is 8.24. The van der Waals surface area contributed by atoms with Crippen LogP contribution in [0.15, 0.2) is 77.9 Å². The molecule has 1 aromatic heterocycles. The van der Waals surface area contributed by atoms with E-state index in [0.717, 1.165) is 31.6 Å². The van der Waals surface area contributed by atoms with Crippen LogP contribution in [0.3, 0.4) is 0 Å². The summed E-state index contributed by atoms with van der Waals surface area (Å²) in [4.78, 5) is 33.8. The second kappa shape index (κ2) is 10.4. The van der Waals surface area contributed by atoms with Crippen molar-refractivity contribution in [1.29, 1.82) is 0 Å². The van der Waals surface area contributed by atoms with Gasteiger partial charge in [0.1, 0.15) is 6.54 Å². The van der Waals surface area contributed by atoms with Crippen LogP contribution >= 0.6 is 0 Å². The van der Waals surface area contributed by atoms with Gasteiger partial charge in [0.15, 0.2) is 0 Å². The smallest absolute Gasteiger partial charge is 0.253 e. The molecule has 6 heteroatoms. The average Bonchev–Trinajstić information content (AvgIpc) is 2.83. The highest BCUT2D eigenvalue weighted by molar-refractivity contribution is 5.76. The third kappa shape index (κ3) is 5.14. The molecule has 32 heavy (non-hydrogen) atoms. The fourth-order valence-electron chi connectivity index (χ4n) is 4.34. The summed E-state index contributed by atoms with van der Waals surface area (Å²) in [5.74, 6) is -0.0345. The zero-order valence-corrected chi connectivity index (χ0v) is 18.6. The number of hydrogen-bond acceptors (Lipinski definition) is 4. The standard InChI is InChI=1S/C26H30N4O2/c1-2-9-23-18-24(31)30(20-27-23)19-25(32)28-14-16-29(17-15-28)26(21-10-5-3-6-11-21)22-12-7-4-8-13-22/h3-8,10-13,18,20,26H,2,9,14-17,19H2,1H3. The fourth-order valence-corrected chi connectivity index (χ4v) is 4.34. The van der Waals surface area contributed by atoms with Crippen molar-refractivity contribution in [3.05, 3.63) is 100 Å². The fraction of sp³-hybridized carbons (Fsp3) is 0.346. The van der Waals surface area contributed by atoms with Gasteiger partial charge in [0.05, 0.1) is 12.4 Å². The van der Waals surface area contributed by atoms with Gasteiger partial charge in [-0.3, -0.25) is 19.1 Å². The van der Waals surface area contributed by atoms with Crippen molar-refractivity contribution in [3.63, 3.8) is 0 Å². The summed E-state index contributed by atoms with van der Waals surface area (Å²) in [6, 6.07) is 22.7. The lowest BCUT2D eigenvalue weighted by Gasteiger charge is -2.39. The SMILES string of the molecule is CCCc1cc(=O)n(CC(=O)N2CCN(C(c3ccccc3)c3ccccc3)CC2)cn1. The number of hydrogen-bond donors (Lipinski definition) is 0. The minimum Gasteiger partial charge on any atom is -0.339 e. The lowest BCUT2D eigenvalue weighted by atomic mass is 9.96. The van der Waals surface area contributed by atoms with Gasteiger partial charge in [-0.05, 0) is 17.5 Å².